The second-order valence-corrected chi connectivity index (χ2v) is 13.4. The smallest absolute Gasteiger partial charge is 0.0295 e. The highest BCUT2D eigenvalue weighted by Gasteiger charge is 2.62. The van der Waals surface area contributed by atoms with E-state index in [0.717, 1.165) is 44.3 Å². The van der Waals surface area contributed by atoms with E-state index in [-0.39, 0.29) is 20.2 Å². The Balaban J connectivity index is 2.00. The maximum absolute atomic E-state index is 5.75. The molecule has 0 N–H and O–H groups in total. The van der Waals surface area contributed by atoms with Crippen molar-refractivity contribution in [2.24, 2.45) is 0 Å². The second kappa shape index (κ2) is 11.9. The first-order chi connectivity index (χ1) is 16.5. The van der Waals surface area contributed by atoms with E-state index in [1.807, 2.05) is 0 Å². The predicted octanol–water partition coefficient (Wildman–Crippen LogP) is 8.98. The zero-order valence-electron chi connectivity index (χ0n) is 20.4. The number of benzene rings is 2. The second-order valence-electron chi connectivity index (χ2n) is 10.7. The molecule has 0 amide bonds. The molecule has 34 heavy (non-hydrogen) atoms. The maximum atomic E-state index is 5.75. The van der Waals surface area contributed by atoms with Crippen LogP contribution in [0.3, 0.4) is 0 Å². The normalized spacial score (nSPS) is 23.5. The Morgan fingerprint density at radius 3 is 1.82 bits per heavy atom. The molecule has 2 aliphatic carbocycles. The third-order valence-electron chi connectivity index (χ3n) is 8.76. The lowest BCUT2D eigenvalue weighted by Crippen LogP contribution is -2.63. The van der Waals surface area contributed by atoms with Crippen LogP contribution >= 0.6 is 50.5 Å². The van der Waals surface area contributed by atoms with Crippen molar-refractivity contribution in [3.63, 3.8) is 0 Å². The monoisotopic (exact) mass is 530 g/mol. The molecule has 0 radical (unpaired) electrons. The number of hydrogen-bond acceptors (Lipinski definition) is 4. The summed E-state index contributed by atoms with van der Waals surface area (Å²) in [5.41, 5.74) is 2.59. The molecule has 3 unspecified atom stereocenters. The van der Waals surface area contributed by atoms with E-state index in [0.29, 0.717) is 5.92 Å². The summed E-state index contributed by atoms with van der Waals surface area (Å²) in [7, 11) is 0. The average molecular weight is 531 g/mol. The van der Waals surface area contributed by atoms with Gasteiger partial charge in [-0.1, -0.05) is 99.2 Å². The fourth-order valence-electron chi connectivity index (χ4n) is 7.16. The van der Waals surface area contributed by atoms with Gasteiger partial charge in [0.2, 0.25) is 0 Å². The Bertz CT molecular complexity index is 871. The zero-order valence-corrected chi connectivity index (χ0v) is 24.0. The van der Waals surface area contributed by atoms with E-state index < -0.39 is 0 Å². The fourth-order valence-corrected chi connectivity index (χ4v) is 9.53. The molecule has 4 heteroatoms. The molecular formula is C30H42S4. The summed E-state index contributed by atoms with van der Waals surface area (Å²) in [5.74, 6) is 1.21. The summed E-state index contributed by atoms with van der Waals surface area (Å²) in [6.45, 7) is 0. The summed E-state index contributed by atoms with van der Waals surface area (Å²) in [4.78, 5) is 0. The summed E-state index contributed by atoms with van der Waals surface area (Å²) < 4.78 is -0.234. The highest BCUT2D eigenvalue weighted by Crippen LogP contribution is 2.63. The molecule has 0 aromatic heterocycles. The minimum atomic E-state index is -0.232. The number of rotatable bonds is 9. The Morgan fingerprint density at radius 1 is 0.735 bits per heavy atom. The van der Waals surface area contributed by atoms with Crippen LogP contribution in [0, 0.1) is 0 Å². The molecule has 2 saturated carbocycles. The molecule has 3 atom stereocenters. The molecule has 0 aliphatic heterocycles. The minimum Gasteiger partial charge on any atom is -0.179 e. The van der Waals surface area contributed by atoms with Crippen molar-refractivity contribution < 1.29 is 0 Å². The van der Waals surface area contributed by atoms with Crippen molar-refractivity contribution in [3.8, 4) is 0 Å². The van der Waals surface area contributed by atoms with Crippen LogP contribution in [0.15, 0.2) is 60.7 Å². The molecule has 0 saturated heterocycles. The van der Waals surface area contributed by atoms with Crippen LogP contribution in [0.2, 0.25) is 0 Å². The Hall–Kier alpha value is -0.160. The van der Waals surface area contributed by atoms with Crippen LogP contribution in [-0.2, 0) is 5.41 Å². The van der Waals surface area contributed by atoms with E-state index in [9.17, 15) is 0 Å². The highest BCUT2D eigenvalue weighted by atomic mass is 32.1. The molecular weight excluding hydrogens is 489 g/mol. The summed E-state index contributed by atoms with van der Waals surface area (Å²) in [6, 6.07) is 22.6. The lowest BCUT2D eigenvalue weighted by atomic mass is 9.51. The zero-order chi connectivity index (χ0) is 24.1. The molecule has 0 spiro atoms. The lowest BCUT2D eigenvalue weighted by Gasteiger charge is -2.61. The molecule has 186 valence electrons. The van der Waals surface area contributed by atoms with E-state index in [1.165, 1.54) is 49.7 Å². The van der Waals surface area contributed by atoms with Crippen LogP contribution in [-0.4, -0.2) is 20.5 Å². The van der Waals surface area contributed by atoms with Crippen molar-refractivity contribution in [1.82, 2.24) is 0 Å². The largest absolute Gasteiger partial charge is 0.179 e. The van der Waals surface area contributed by atoms with Gasteiger partial charge in [0.15, 0.2) is 0 Å². The van der Waals surface area contributed by atoms with Crippen molar-refractivity contribution >= 4 is 50.5 Å². The van der Waals surface area contributed by atoms with Gasteiger partial charge in [-0.2, -0.15) is 50.5 Å². The average Bonchev–Trinajstić information content (AvgIpc) is 2.88. The molecule has 2 aliphatic rings. The van der Waals surface area contributed by atoms with E-state index in [1.54, 1.807) is 0 Å². The van der Waals surface area contributed by atoms with Crippen LogP contribution in [0.1, 0.15) is 94.1 Å². The van der Waals surface area contributed by atoms with Gasteiger partial charge in [0, 0.05) is 20.2 Å². The number of thiol groups is 4. The van der Waals surface area contributed by atoms with Gasteiger partial charge < -0.3 is 0 Å². The van der Waals surface area contributed by atoms with Crippen LogP contribution in [0.5, 0.6) is 0 Å². The van der Waals surface area contributed by atoms with Gasteiger partial charge >= 0.3 is 0 Å². The van der Waals surface area contributed by atoms with Crippen LogP contribution in [0.25, 0.3) is 0 Å². The first kappa shape index (κ1) is 26.9. The molecule has 2 aromatic carbocycles. The quantitative estimate of drug-likeness (QED) is 0.228. The van der Waals surface area contributed by atoms with Crippen molar-refractivity contribution in [3.05, 3.63) is 71.8 Å². The van der Waals surface area contributed by atoms with Gasteiger partial charge in [-0.3, -0.25) is 0 Å². The van der Waals surface area contributed by atoms with Gasteiger partial charge in [-0.05, 0) is 61.3 Å². The summed E-state index contributed by atoms with van der Waals surface area (Å²) >= 11 is 21.6. The lowest BCUT2D eigenvalue weighted by molar-refractivity contribution is 0.161. The minimum absolute atomic E-state index is 0.0988. The van der Waals surface area contributed by atoms with Crippen LogP contribution < -0.4 is 0 Å². The van der Waals surface area contributed by atoms with Gasteiger partial charge in [-0.25, -0.2) is 0 Å². The first-order valence-corrected chi connectivity index (χ1v) is 15.4. The van der Waals surface area contributed by atoms with Gasteiger partial charge in [0.1, 0.15) is 0 Å². The maximum Gasteiger partial charge on any atom is 0.0295 e. The highest BCUT2D eigenvalue weighted by molar-refractivity contribution is 7.86. The summed E-state index contributed by atoms with van der Waals surface area (Å²) in [5, 5.41) is 0.103. The van der Waals surface area contributed by atoms with Gasteiger partial charge in [0.05, 0.1) is 0 Å². The third-order valence-corrected chi connectivity index (χ3v) is 11.7. The SMILES string of the molecule is SCCCC(c1ccccc1)C(c1ccccc1)(C(S)C1(S)CCCCC1)C1(S)CCCCC1. The topological polar surface area (TPSA) is 0 Å². The van der Waals surface area contributed by atoms with E-state index >= 15 is 0 Å². The molecule has 0 nitrogen and oxygen atoms in total. The molecule has 2 aromatic rings. The molecule has 0 heterocycles. The number of hydrogen-bond donors (Lipinski definition) is 4. The summed E-state index contributed by atoms with van der Waals surface area (Å²) in [6.07, 6.45) is 14.3. The first-order valence-electron chi connectivity index (χ1n) is 13.3. The Morgan fingerprint density at radius 2 is 1.26 bits per heavy atom. The van der Waals surface area contributed by atoms with Crippen molar-refractivity contribution in [2.45, 2.75) is 103 Å². The van der Waals surface area contributed by atoms with E-state index in [2.05, 4.69) is 73.3 Å². The van der Waals surface area contributed by atoms with Gasteiger partial charge in [-0.15, -0.1) is 0 Å². The van der Waals surface area contributed by atoms with E-state index in [4.69, 9.17) is 37.9 Å². The van der Waals surface area contributed by atoms with Crippen LogP contribution in [0.4, 0.5) is 0 Å². The van der Waals surface area contributed by atoms with Crippen molar-refractivity contribution in [2.75, 3.05) is 5.75 Å². The fraction of sp³-hybridized carbons (Fsp3) is 0.600. The van der Waals surface area contributed by atoms with Crippen molar-refractivity contribution in [1.29, 1.82) is 0 Å². The Kier molecular flexibility index (Phi) is 9.43. The van der Waals surface area contributed by atoms with Gasteiger partial charge in [0.25, 0.3) is 0 Å². The predicted molar refractivity (Wildman–Crippen MR) is 163 cm³/mol. The molecule has 4 rings (SSSR count). The third kappa shape index (κ3) is 5.13. The molecule has 2 fully saturated rings. The standard InChI is InChI=1S/C30H42S4/c31-23-13-18-26(24-14-5-1-6-15-24)30(25-16-7-2-8-17-25,29(34)21-11-4-12-22-29)27(32)28(33)19-9-3-10-20-28/h1-2,5-8,14-17,26-27,31-34H,3-4,9-13,18-23H2. The Labute approximate surface area is 230 Å². The molecule has 0 bridgehead atoms.